The summed E-state index contributed by atoms with van der Waals surface area (Å²) in [6, 6.07) is 1.99. The fraction of sp³-hybridized carbons (Fsp3) is 0.429. The van der Waals surface area contributed by atoms with Crippen LogP contribution in [0.25, 0.3) is 0 Å². The van der Waals surface area contributed by atoms with Crippen molar-refractivity contribution in [2.45, 2.75) is 25.6 Å². The van der Waals surface area contributed by atoms with E-state index in [1.165, 1.54) is 0 Å². The van der Waals surface area contributed by atoms with Crippen LogP contribution in [0, 0.1) is 5.82 Å². The number of halogens is 4. The van der Waals surface area contributed by atoms with E-state index in [4.69, 9.17) is 5.73 Å². The first-order valence-electron chi connectivity index (χ1n) is 6.30. The summed E-state index contributed by atoms with van der Waals surface area (Å²) in [6.07, 6.45) is -0.0359. The fourth-order valence-corrected chi connectivity index (χ4v) is 1.82. The quantitative estimate of drug-likeness (QED) is 0.479. The Morgan fingerprint density at radius 3 is 2.55 bits per heavy atom. The predicted molar refractivity (Wildman–Crippen MR) is 70.6 cm³/mol. The molecule has 0 aromatic heterocycles. The molecule has 0 aliphatic rings. The molecule has 0 bridgehead atoms. The van der Waals surface area contributed by atoms with E-state index in [9.17, 15) is 17.6 Å². The minimum absolute atomic E-state index is 0.0938. The summed E-state index contributed by atoms with van der Waals surface area (Å²) in [6.45, 7) is 2.53. The highest BCUT2D eigenvalue weighted by molar-refractivity contribution is 5.29. The van der Waals surface area contributed by atoms with E-state index in [1.807, 2.05) is 19.1 Å². The standard InChI is InChI=1S/C14H18F4N2/c1-2-3-4-5-20-13(9-19)10-6-11(14(16,17)18)8-12(15)7-10/h2-3,6-8,13,20H,4-5,9,19H2,1H3/b3-2+. The smallest absolute Gasteiger partial charge is 0.329 e. The van der Waals surface area contributed by atoms with Crippen molar-refractivity contribution in [3.05, 3.63) is 47.3 Å². The van der Waals surface area contributed by atoms with Gasteiger partial charge in [0.25, 0.3) is 0 Å². The molecular weight excluding hydrogens is 272 g/mol. The van der Waals surface area contributed by atoms with Crippen LogP contribution in [-0.4, -0.2) is 13.1 Å². The average molecular weight is 290 g/mol. The summed E-state index contributed by atoms with van der Waals surface area (Å²) in [7, 11) is 0. The summed E-state index contributed by atoms with van der Waals surface area (Å²) in [5.74, 6) is -0.913. The Bertz CT molecular complexity index is 455. The summed E-state index contributed by atoms with van der Waals surface area (Å²) in [4.78, 5) is 0. The van der Waals surface area contributed by atoms with E-state index >= 15 is 0 Å². The molecule has 0 heterocycles. The molecule has 1 atom stereocenters. The van der Waals surface area contributed by atoms with Crippen LogP contribution in [-0.2, 0) is 6.18 Å². The number of hydrogen-bond acceptors (Lipinski definition) is 2. The first kappa shape index (κ1) is 16.7. The van der Waals surface area contributed by atoms with Crippen molar-refractivity contribution in [2.75, 3.05) is 13.1 Å². The Balaban J connectivity index is 2.89. The lowest BCUT2D eigenvalue weighted by molar-refractivity contribution is -0.137. The lowest BCUT2D eigenvalue weighted by Gasteiger charge is -2.18. The number of nitrogens with one attached hydrogen (secondary N) is 1. The van der Waals surface area contributed by atoms with Crippen LogP contribution in [0.2, 0.25) is 0 Å². The van der Waals surface area contributed by atoms with Crippen molar-refractivity contribution >= 4 is 0 Å². The van der Waals surface area contributed by atoms with Crippen LogP contribution >= 0.6 is 0 Å². The van der Waals surface area contributed by atoms with Crippen LogP contribution in [0.4, 0.5) is 17.6 Å². The first-order valence-corrected chi connectivity index (χ1v) is 6.30. The zero-order valence-corrected chi connectivity index (χ0v) is 11.2. The van der Waals surface area contributed by atoms with Gasteiger partial charge in [0.15, 0.2) is 0 Å². The molecule has 0 saturated heterocycles. The normalized spacial score (nSPS) is 13.9. The van der Waals surface area contributed by atoms with Gasteiger partial charge >= 0.3 is 6.18 Å². The maximum absolute atomic E-state index is 13.3. The van der Waals surface area contributed by atoms with Crippen LogP contribution in [0.3, 0.4) is 0 Å². The van der Waals surface area contributed by atoms with E-state index in [0.717, 1.165) is 18.6 Å². The molecule has 2 nitrogen and oxygen atoms in total. The largest absolute Gasteiger partial charge is 0.416 e. The highest BCUT2D eigenvalue weighted by atomic mass is 19.4. The number of nitrogens with two attached hydrogens (primary N) is 1. The fourth-order valence-electron chi connectivity index (χ4n) is 1.82. The zero-order valence-electron chi connectivity index (χ0n) is 11.2. The highest BCUT2D eigenvalue weighted by Crippen LogP contribution is 2.31. The first-order chi connectivity index (χ1) is 9.38. The predicted octanol–water partition coefficient (Wildman–Crippen LogP) is 3.40. The third-order valence-electron chi connectivity index (χ3n) is 2.82. The van der Waals surface area contributed by atoms with E-state index in [1.54, 1.807) is 0 Å². The van der Waals surface area contributed by atoms with Gasteiger partial charge in [-0.15, -0.1) is 0 Å². The number of rotatable bonds is 6. The molecule has 3 N–H and O–H groups in total. The number of alkyl halides is 3. The molecule has 20 heavy (non-hydrogen) atoms. The van der Waals surface area contributed by atoms with E-state index in [-0.39, 0.29) is 12.1 Å². The molecule has 0 amide bonds. The number of hydrogen-bond donors (Lipinski definition) is 2. The molecule has 1 aromatic rings. The van der Waals surface area contributed by atoms with E-state index in [2.05, 4.69) is 5.32 Å². The number of allylic oxidation sites excluding steroid dienone is 1. The Labute approximate surface area is 115 Å². The van der Waals surface area contributed by atoms with Crippen LogP contribution in [0.1, 0.15) is 30.5 Å². The molecule has 1 rings (SSSR count). The molecule has 0 aliphatic carbocycles. The molecule has 0 aliphatic heterocycles. The maximum atomic E-state index is 13.3. The van der Waals surface area contributed by atoms with Crippen molar-refractivity contribution in [3.8, 4) is 0 Å². The lowest BCUT2D eigenvalue weighted by atomic mass is 10.0. The van der Waals surface area contributed by atoms with Crippen molar-refractivity contribution < 1.29 is 17.6 Å². The molecule has 1 aromatic carbocycles. The van der Waals surface area contributed by atoms with Gasteiger partial charge < -0.3 is 11.1 Å². The van der Waals surface area contributed by atoms with Crippen molar-refractivity contribution in [3.63, 3.8) is 0 Å². The molecule has 1 unspecified atom stereocenters. The second-order valence-electron chi connectivity index (χ2n) is 4.37. The van der Waals surface area contributed by atoms with Gasteiger partial charge in [-0.25, -0.2) is 4.39 Å². The Kier molecular flexibility index (Phi) is 6.16. The summed E-state index contributed by atoms with van der Waals surface area (Å²) < 4.78 is 51.2. The Morgan fingerprint density at radius 2 is 2.00 bits per heavy atom. The minimum atomic E-state index is -4.57. The van der Waals surface area contributed by atoms with Crippen molar-refractivity contribution in [1.82, 2.24) is 5.32 Å². The van der Waals surface area contributed by atoms with Crippen LogP contribution in [0.5, 0.6) is 0 Å². The second kappa shape index (κ2) is 7.40. The SMILES string of the molecule is C/C=C/CCNC(CN)c1cc(F)cc(C(F)(F)F)c1. The molecular formula is C14H18F4N2. The third-order valence-corrected chi connectivity index (χ3v) is 2.82. The molecule has 0 spiro atoms. The minimum Gasteiger partial charge on any atom is -0.329 e. The topological polar surface area (TPSA) is 38.0 Å². The van der Waals surface area contributed by atoms with Gasteiger partial charge in [-0.1, -0.05) is 12.2 Å². The lowest BCUT2D eigenvalue weighted by Crippen LogP contribution is -2.29. The van der Waals surface area contributed by atoms with Crippen molar-refractivity contribution in [1.29, 1.82) is 0 Å². The summed E-state index contributed by atoms with van der Waals surface area (Å²) in [5, 5.41) is 3.02. The molecule has 6 heteroatoms. The maximum Gasteiger partial charge on any atom is 0.416 e. The van der Waals surface area contributed by atoms with Crippen LogP contribution in [0.15, 0.2) is 30.4 Å². The highest BCUT2D eigenvalue weighted by Gasteiger charge is 2.31. The van der Waals surface area contributed by atoms with Crippen molar-refractivity contribution in [2.24, 2.45) is 5.73 Å². The molecule has 0 radical (unpaired) electrons. The second-order valence-corrected chi connectivity index (χ2v) is 4.37. The number of benzene rings is 1. The van der Waals surface area contributed by atoms with Gasteiger partial charge in [0, 0.05) is 12.6 Å². The van der Waals surface area contributed by atoms with Gasteiger partial charge in [-0.3, -0.25) is 0 Å². The monoisotopic (exact) mass is 290 g/mol. The Hall–Kier alpha value is -1.40. The van der Waals surface area contributed by atoms with Gasteiger partial charge in [0.1, 0.15) is 5.82 Å². The molecule has 112 valence electrons. The average Bonchev–Trinajstić information content (AvgIpc) is 2.37. The van der Waals surface area contributed by atoms with E-state index < -0.39 is 23.6 Å². The van der Waals surface area contributed by atoms with Gasteiger partial charge in [0.2, 0.25) is 0 Å². The molecule has 0 fully saturated rings. The van der Waals surface area contributed by atoms with Gasteiger partial charge in [0.05, 0.1) is 5.56 Å². The summed E-state index contributed by atoms with van der Waals surface area (Å²) >= 11 is 0. The summed E-state index contributed by atoms with van der Waals surface area (Å²) in [5.41, 5.74) is 4.75. The molecule has 0 saturated carbocycles. The van der Waals surface area contributed by atoms with Gasteiger partial charge in [-0.05, 0) is 43.7 Å². The Morgan fingerprint density at radius 1 is 1.30 bits per heavy atom. The van der Waals surface area contributed by atoms with Gasteiger partial charge in [-0.2, -0.15) is 13.2 Å². The van der Waals surface area contributed by atoms with E-state index in [0.29, 0.717) is 12.6 Å². The van der Waals surface area contributed by atoms with Crippen LogP contribution < -0.4 is 11.1 Å². The zero-order chi connectivity index (χ0) is 15.2. The third kappa shape index (κ3) is 4.94.